The number of hydrogen-bond acceptors (Lipinski definition) is 4. The highest BCUT2D eigenvalue weighted by Crippen LogP contribution is 2.37. The van der Waals surface area contributed by atoms with Crippen molar-refractivity contribution in [3.8, 4) is 5.75 Å². The van der Waals surface area contributed by atoms with Gasteiger partial charge in [0, 0.05) is 23.7 Å². The zero-order valence-electron chi connectivity index (χ0n) is 14.4. The minimum Gasteiger partial charge on any atom is -0.497 e. The van der Waals surface area contributed by atoms with Crippen LogP contribution >= 0.6 is 0 Å². The van der Waals surface area contributed by atoms with Gasteiger partial charge in [-0.25, -0.2) is 0 Å². The zero-order valence-corrected chi connectivity index (χ0v) is 15.3. The van der Waals surface area contributed by atoms with Crippen molar-refractivity contribution >= 4 is 28.4 Å². The van der Waals surface area contributed by atoms with Gasteiger partial charge in [0.25, 0.3) is 0 Å². The molecule has 0 atom stereocenters. The minimum atomic E-state index is -2.39. The van der Waals surface area contributed by atoms with Gasteiger partial charge in [-0.1, -0.05) is 0 Å². The molecule has 1 fully saturated rings. The lowest BCUT2D eigenvalue weighted by atomic mass is 9.78. The maximum Gasteiger partial charge on any atom is 0.498 e. The van der Waals surface area contributed by atoms with Crippen molar-refractivity contribution in [3.05, 3.63) is 18.2 Å². The molecule has 124 valence electrons. The van der Waals surface area contributed by atoms with E-state index in [-0.39, 0.29) is 0 Å². The minimum absolute atomic E-state index is 0.420. The molecule has 0 saturated carbocycles. The molecular weight excluding hydrogens is 301 g/mol. The summed E-state index contributed by atoms with van der Waals surface area (Å²) in [6, 6.07) is 5.55. The van der Waals surface area contributed by atoms with Crippen LogP contribution in [0.5, 0.6) is 5.75 Å². The fraction of sp³-hybridized carbons (Fsp3) is 0.600. The van der Waals surface area contributed by atoms with Gasteiger partial charge in [0.2, 0.25) is 0 Å². The van der Waals surface area contributed by atoms with Crippen LogP contribution in [0.25, 0.3) is 0 Å². The van der Waals surface area contributed by atoms with E-state index in [0.717, 1.165) is 11.2 Å². The molecule has 0 aliphatic carbocycles. The Labute approximate surface area is 134 Å². The van der Waals surface area contributed by atoms with Crippen LogP contribution in [0.3, 0.4) is 0 Å². The van der Waals surface area contributed by atoms with Crippen molar-refractivity contribution in [2.45, 2.75) is 38.9 Å². The Morgan fingerprint density at radius 1 is 1.14 bits per heavy atom. The van der Waals surface area contributed by atoms with E-state index in [0.29, 0.717) is 5.75 Å². The van der Waals surface area contributed by atoms with Crippen LogP contribution in [-0.2, 0) is 19.4 Å². The number of nitrogens with one attached hydrogen (secondary N) is 1. The van der Waals surface area contributed by atoms with Crippen LogP contribution in [0.4, 0.5) is 5.69 Å². The molecule has 7 heteroatoms. The number of methoxy groups -OCH3 is 1. The van der Waals surface area contributed by atoms with Crippen LogP contribution in [0.15, 0.2) is 18.2 Å². The molecule has 2 rings (SSSR count). The average molecular weight is 327 g/mol. The van der Waals surface area contributed by atoms with Crippen LogP contribution in [0.2, 0.25) is 0 Å². The Bertz CT molecular complexity index is 596. The maximum absolute atomic E-state index is 12.0. The Morgan fingerprint density at radius 2 is 1.68 bits per heavy atom. The van der Waals surface area contributed by atoms with Crippen molar-refractivity contribution in [3.63, 3.8) is 0 Å². The number of hydrogen-bond donors (Lipinski definition) is 2. The van der Waals surface area contributed by atoms with E-state index in [2.05, 4.69) is 4.72 Å². The van der Waals surface area contributed by atoms with E-state index in [4.69, 9.17) is 14.0 Å². The summed E-state index contributed by atoms with van der Waals surface area (Å²) in [7, 11) is -1.29. The van der Waals surface area contributed by atoms with Crippen LogP contribution < -0.4 is 14.9 Å². The van der Waals surface area contributed by atoms with Gasteiger partial charge in [0.05, 0.1) is 18.3 Å². The van der Waals surface area contributed by atoms with E-state index in [1.54, 1.807) is 19.6 Å². The smallest absolute Gasteiger partial charge is 0.497 e. The molecule has 0 radical (unpaired) electrons. The normalized spacial score (nSPS) is 20.8. The molecule has 1 saturated heterocycles. The first-order valence-electron chi connectivity index (χ1n) is 7.32. The highest BCUT2D eigenvalue weighted by Gasteiger charge is 2.52. The Kier molecular flexibility index (Phi) is 4.36. The van der Waals surface area contributed by atoms with E-state index < -0.39 is 28.4 Å². The molecule has 1 aromatic rings. The molecule has 0 unspecified atom stereocenters. The van der Waals surface area contributed by atoms with Gasteiger partial charge in [-0.05, 0) is 56.0 Å². The number of anilines is 1. The third-order valence-electron chi connectivity index (χ3n) is 4.14. The van der Waals surface area contributed by atoms with E-state index in [9.17, 15) is 4.21 Å². The van der Waals surface area contributed by atoms with Gasteiger partial charge < -0.3 is 18.8 Å². The predicted octanol–water partition coefficient (Wildman–Crippen LogP) is 1.60. The van der Waals surface area contributed by atoms with Crippen LogP contribution in [-0.4, -0.2) is 42.2 Å². The Hall–Kier alpha value is -1.05. The highest BCUT2D eigenvalue weighted by molar-refractivity contribution is 8.02. The lowest BCUT2D eigenvalue weighted by Crippen LogP contribution is -2.41. The van der Waals surface area contributed by atoms with Crippen molar-refractivity contribution in [2.75, 3.05) is 24.3 Å². The summed E-state index contributed by atoms with van der Waals surface area (Å²) in [5, 5.41) is 0. The summed E-state index contributed by atoms with van der Waals surface area (Å²) in [6.45, 7) is 8.03. The number of ether oxygens (including phenoxy) is 1. The third-order valence-corrected chi connectivity index (χ3v) is 4.93. The number of benzene rings is 1. The Balaban J connectivity index is 2.38. The largest absolute Gasteiger partial charge is 0.498 e. The van der Waals surface area contributed by atoms with Gasteiger partial charge in [0.1, 0.15) is 5.75 Å². The molecule has 0 aromatic heterocycles. The molecule has 0 spiro atoms. The Morgan fingerprint density at radius 3 is 2.14 bits per heavy atom. The molecule has 5 nitrogen and oxygen atoms in total. The second-order valence-electron chi connectivity index (χ2n) is 7.01. The van der Waals surface area contributed by atoms with E-state index in [1.165, 1.54) is 0 Å². The molecule has 1 aliphatic heterocycles. The second-order valence-corrected chi connectivity index (χ2v) is 9.93. The molecule has 1 N–H and O–H groups in total. The summed E-state index contributed by atoms with van der Waals surface area (Å²) in [5.74, 6) is 0.686. The van der Waals surface area contributed by atoms with Gasteiger partial charge in [-0.15, -0.1) is 0 Å². The van der Waals surface area contributed by atoms with Gasteiger partial charge in [0.15, 0.2) is 0 Å². The topological polar surface area (TPSA) is 56.8 Å². The average Bonchev–Trinajstić information content (AvgIpc) is 2.56. The molecule has 1 aliphatic rings. The molecular formula is C15H26BNO4S. The van der Waals surface area contributed by atoms with Gasteiger partial charge in [-0.2, -0.15) is 0 Å². The zero-order chi connectivity index (χ0) is 16.8. The first-order valence-corrected chi connectivity index (χ1v) is 9.92. The third kappa shape index (κ3) is 3.47. The SMILES string of the molecule is COc1ccc(N[SH](C)(C)=O)cc1B1OC(C)(C)C(C)(C)O1. The fourth-order valence-electron chi connectivity index (χ4n) is 2.27. The quantitative estimate of drug-likeness (QED) is 0.651. The summed E-state index contributed by atoms with van der Waals surface area (Å²) < 4.78 is 32.6. The first-order chi connectivity index (χ1) is 9.95. The standard InChI is InChI=1S/C15H26BNO4S/c1-14(2)15(3,4)21-16(20-14)12-10-11(17-22(6,7)18)8-9-13(12)19-5/h8-10,22H,1-7H3,(H,17,18). The van der Waals surface area contributed by atoms with Crippen molar-refractivity contribution in [1.82, 2.24) is 0 Å². The van der Waals surface area contributed by atoms with E-state index in [1.807, 2.05) is 45.9 Å². The van der Waals surface area contributed by atoms with Gasteiger partial charge >= 0.3 is 7.12 Å². The molecule has 22 heavy (non-hydrogen) atoms. The lowest BCUT2D eigenvalue weighted by Gasteiger charge is -2.32. The highest BCUT2D eigenvalue weighted by atomic mass is 32.3. The van der Waals surface area contributed by atoms with E-state index >= 15 is 0 Å². The number of rotatable bonds is 4. The fourth-order valence-corrected chi connectivity index (χ4v) is 3.03. The predicted molar refractivity (Wildman–Crippen MR) is 93.7 cm³/mol. The summed E-state index contributed by atoms with van der Waals surface area (Å²) >= 11 is 0. The first kappa shape index (κ1) is 17.3. The van der Waals surface area contributed by atoms with Crippen LogP contribution in [0.1, 0.15) is 27.7 Å². The van der Waals surface area contributed by atoms with Crippen LogP contribution in [0, 0.1) is 0 Å². The second kappa shape index (κ2) is 5.55. The van der Waals surface area contributed by atoms with Crippen molar-refractivity contribution in [1.29, 1.82) is 0 Å². The lowest BCUT2D eigenvalue weighted by molar-refractivity contribution is 0.00578. The molecule has 1 aromatic carbocycles. The molecule has 0 amide bonds. The number of thiol groups is 1. The van der Waals surface area contributed by atoms with Crippen molar-refractivity contribution < 1.29 is 18.3 Å². The maximum atomic E-state index is 12.0. The molecule has 0 bridgehead atoms. The molecule has 1 heterocycles. The summed E-state index contributed by atoms with van der Waals surface area (Å²) in [5.41, 5.74) is 0.715. The van der Waals surface area contributed by atoms with Crippen molar-refractivity contribution in [2.24, 2.45) is 0 Å². The summed E-state index contributed by atoms with van der Waals surface area (Å²) in [6.07, 6.45) is 3.37. The van der Waals surface area contributed by atoms with Gasteiger partial charge in [-0.3, -0.25) is 4.21 Å². The summed E-state index contributed by atoms with van der Waals surface area (Å²) in [4.78, 5) is 0. The monoisotopic (exact) mass is 327 g/mol.